The number of hydrogen-bond acceptors (Lipinski definition) is 6. The van der Waals surface area contributed by atoms with Crippen LogP contribution < -0.4 is 4.74 Å². The summed E-state index contributed by atoms with van der Waals surface area (Å²) >= 11 is 0. The lowest BCUT2D eigenvalue weighted by Crippen LogP contribution is -2.37. The summed E-state index contributed by atoms with van der Waals surface area (Å²) in [5.41, 5.74) is 1.88. The smallest absolute Gasteiger partial charge is 0.272 e. The predicted octanol–water partition coefficient (Wildman–Crippen LogP) is 1.37. The average molecular weight is 459 g/mol. The van der Waals surface area contributed by atoms with Gasteiger partial charge in [0.2, 0.25) is 10.0 Å². The molecule has 0 unspecified atom stereocenters. The molecule has 3 heterocycles. The first-order chi connectivity index (χ1) is 15.3. The third-order valence-corrected chi connectivity index (χ3v) is 7.39. The Balaban J connectivity index is 1.52. The summed E-state index contributed by atoms with van der Waals surface area (Å²) in [7, 11) is 1.35. The molecule has 0 N–H and O–H groups in total. The van der Waals surface area contributed by atoms with E-state index >= 15 is 0 Å². The van der Waals surface area contributed by atoms with Gasteiger partial charge in [-0.3, -0.25) is 14.2 Å². The van der Waals surface area contributed by atoms with Crippen molar-refractivity contribution >= 4 is 15.9 Å². The van der Waals surface area contributed by atoms with Gasteiger partial charge in [-0.25, -0.2) is 8.42 Å². The molecule has 0 atom stereocenters. The molecule has 0 aliphatic carbocycles. The van der Waals surface area contributed by atoms with Crippen molar-refractivity contribution in [3.63, 3.8) is 0 Å². The first-order valence-corrected chi connectivity index (χ1v) is 11.7. The number of aromatic nitrogens is 4. The summed E-state index contributed by atoms with van der Waals surface area (Å²) in [5, 5.41) is 8.46. The molecule has 1 aromatic carbocycles. The molecule has 4 rings (SSSR count). The molecule has 3 aromatic rings. The Kier molecular flexibility index (Phi) is 6.02. The Morgan fingerprint density at radius 2 is 1.88 bits per heavy atom. The van der Waals surface area contributed by atoms with E-state index in [1.165, 1.54) is 21.4 Å². The van der Waals surface area contributed by atoms with Crippen molar-refractivity contribution in [3.05, 3.63) is 48.4 Å². The summed E-state index contributed by atoms with van der Waals surface area (Å²) in [6.07, 6.45) is 3.37. The highest BCUT2D eigenvalue weighted by molar-refractivity contribution is 7.89. The lowest BCUT2D eigenvalue weighted by Gasteiger charge is -2.21. The summed E-state index contributed by atoms with van der Waals surface area (Å²) in [4.78, 5) is 15.1. The Hall–Kier alpha value is -3.18. The quantitative estimate of drug-likeness (QED) is 0.572. The highest BCUT2D eigenvalue weighted by Crippen LogP contribution is 2.29. The fraction of sp³-hybridized carbons (Fsp3) is 0.381. The van der Waals surface area contributed by atoms with E-state index in [-0.39, 0.29) is 17.3 Å². The van der Waals surface area contributed by atoms with Crippen LogP contribution in [0.1, 0.15) is 16.9 Å². The van der Waals surface area contributed by atoms with Crippen molar-refractivity contribution in [1.29, 1.82) is 0 Å². The Labute approximate surface area is 187 Å². The van der Waals surface area contributed by atoms with Gasteiger partial charge in [0.15, 0.2) is 0 Å². The van der Waals surface area contributed by atoms with Crippen molar-refractivity contribution in [2.75, 3.05) is 33.3 Å². The van der Waals surface area contributed by atoms with Gasteiger partial charge < -0.3 is 9.64 Å². The van der Waals surface area contributed by atoms with Gasteiger partial charge in [-0.15, -0.1) is 0 Å². The molecule has 1 fully saturated rings. The second kappa shape index (κ2) is 8.75. The molecule has 0 bridgehead atoms. The van der Waals surface area contributed by atoms with Gasteiger partial charge in [0.25, 0.3) is 5.91 Å². The number of rotatable bonds is 5. The molecule has 170 valence electrons. The zero-order valence-electron chi connectivity index (χ0n) is 18.3. The molecule has 1 amide bonds. The lowest BCUT2D eigenvalue weighted by atomic mass is 10.1. The summed E-state index contributed by atoms with van der Waals surface area (Å²) < 4.78 is 35.7. The average Bonchev–Trinajstić information content (AvgIpc) is 3.30. The molecule has 0 saturated carbocycles. The van der Waals surface area contributed by atoms with Crippen LogP contribution in [0.15, 0.2) is 47.6 Å². The van der Waals surface area contributed by atoms with Crippen molar-refractivity contribution in [1.82, 2.24) is 28.8 Å². The molecule has 0 radical (unpaired) electrons. The minimum Gasteiger partial charge on any atom is -0.496 e. The number of ether oxygens (including phenoxy) is 1. The van der Waals surface area contributed by atoms with Crippen molar-refractivity contribution in [2.24, 2.45) is 14.1 Å². The van der Waals surface area contributed by atoms with E-state index in [4.69, 9.17) is 4.74 Å². The van der Waals surface area contributed by atoms with Crippen molar-refractivity contribution < 1.29 is 17.9 Å². The van der Waals surface area contributed by atoms with E-state index in [0.29, 0.717) is 43.2 Å². The van der Waals surface area contributed by atoms with E-state index in [9.17, 15) is 13.2 Å². The predicted molar refractivity (Wildman–Crippen MR) is 118 cm³/mol. The summed E-state index contributed by atoms with van der Waals surface area (Å²) in [6.45, 7) is 1.33. The second-order valence-corrected chi connectivity index (χ2v) is 9.58. The Morgan fingerprint density at radius 1 is 1.09 bits per heavy atom. The van der Waals surface area contributed by atoms with Crippen LogP contribution in [0, 0.1) is 0 Å². The number of sulfonamides is 1. The number of hydrogen-bond donors (Lipinski definition) is 0. The van der Waals surface area contributed by atoms with E-state index in [0.717, 1.165) is 5.56 Å². The number of carbonyl (C=O) groups excluding carboxylic acids is 1. The fourth-order valence-corrected chi connectivity index (χ4v) is 5.29. The first-order valence-electron chi connectivity index (χ1n) is 10.3. The first kappa shape index (κ1) is 22.0. The summed E-state index contributed by atoms with van der Waals surface area (Å²) in [6, 6.07) is 9.25. The summed E-state index contributed by atoms with van der Waals surface area (Å²) in [5.74, 6) is 0.498. The van der Waals surface area contributed by atoms with Gasteiger partial charge in [0, 0.05) is 52.0 Å². The number of aryl methyl sites for hydroxylation is 2. The number of amides is 1. The van der Waals surface area contributed by atoms with Gasteiger partial charge in [0.05, 0.1) is 19.0 Å². The number of para-hydroxylation sites is 1. The molecule has 1 aliphatic heterocycles. The highest BCUT2D eigenvalue weighted by Gasteiger charge is 2.30. The zero-order chi connectivity index (χ0) is 22.9. The number of nitrogens with zero attached hydrogens (tertiary/aromatic N) is 6. The number of methoxy groups -OCH3 is 1. The van der Waals surface area contributed by atoms with Crippen LogP contribution in [0.25, 0.3) is 11.3 Å². The van der Waals surface area contributed by atoms with Gasteiger partial charge >= 0.3 is 0 Å². The maximum atomic E-state index is 13.3. The zero-order valence-corrected chi connectivity index (χ0v) is 19.1. The molecule has 32 heavy (non-hydrogen) atoms. The normalized spacial score (nSPS) is 15.5. The van der Waals surface area contributed by atoms with Crippen LogP contribution in [0.4, 0.5) is 0 Å². The van der Waals surface area contributed by atoms with Crippen LogP contribution in [-0.2, 0) is 24.1 Å². The molecule has 1 aliphatic rings. The third-order valence-electron chi connectivity index (χ3n) is 5.54. The maximum absolute atomic E-state index is 13.3. The number of carbonyl (C=O) groups is 1. The molecular formula is C21H26N6O4S. The van der Waals surface area contributed by atoms with Gasteiger partial charge in [-0.1, -0.05) is 12.1 Å². The van der Waals surface area contributed by atoms with Crippen LogP contribution >= 0.6 is 0 Å². The molecule has 0 spiro atoms. The maximum Gasteiger partial charge on any atom is 0.272 e. The minimum atomic E-state index is -3.65. The second-order valence-electron chi connectivity index (χ2n) is 7.64. The molecule has 10 nitrogen and oxygen atoms in total. The topological polar surface area (TPSA) is 103 Å². The SMILES string of the molecule is COc1ccccc1-c1cc(C(=O)N2CCCN(S(=O)(=O)c3cnn(C)c3)CC2)n(C)n1. The van der Waals surface area contributed by atoms with E-state index < -0.39 is 10.0 Å². The Morgan fingerprint density at radius 3 is 2.59 bits per heavy atom. The third kappa shape index (κ3) is 4.13. The van der Waals surface area contributed by atoms with Gasteiger partial charge in [0.1, 0.15) is 16.3 Å². The van der Waals surface area contributed by atoms with Gasteiger partial charge in [-0.05, 0) is 24.6 Å². The van der Waals surface area contributed by atoms with E-state index in [1.807, 2.05) is 24.3 Å². The standard InChI is InChI=1S/C21H26N6O4S/c1-24-15-16(14-22-24)32(29,30)27-10-6-9-26(11-12-27)21(28)19-13-18(23-25(19)2)17-7-4-5-8-20(17)31-3/h4-5,7-8,13-15H,6,9-12H2,1-3H3. The Bertz CT molecular complexity index is 1230. The van der Waals surface area contributed by atoms with Crippen LogP contribution in [0.2, 0.25) is 0 Å². The van der Waals surface area contributed by atoms with Crippen LogP contribution in [0.5, 0.6) is 5.75 Å². The molecular weight excluding hydrogens is 432 g/mol. The highest BCUT2D eigenvalue weighted by atomic mass is 32.2. The minimum absolute atomic E-state index is 0.160. The van der Waals surface area contributed by atoms with E-state index in [1.54, 1.807) is 36.9 Å². The molecule has 2 aromatic heterocycles. The van der Waals surface area contributed by atoms with Crippen LogP contribution in [-0.4, -0.2) is 76.4 Å². The fourth-order valence-electron chi connectivity index (χ4n) is 3.84. The number of benzene rings is 1. The monoisotopic (exact) mass is 458 g/mol. The van der Waals surface area contributed by atoms with Crippen LogP contribution in [0.3, 0.4) is 0 Å². The molecule has 11 heteroatoms. The van der Waals surface area contributed by atoms with E-state index in [2.05, 4.69) is 10.2 Å². The molecule has 1 saturated heterocycles. The van der Waals surface area contributed by atoms with Crippen molar-refractivity contribution in [2.45, 2.75) is 11.3 Å². The largest absolute Gasteiger partial charge is 0.496 e. The lowest BCUT2D eigenvalue weighted by molar-refractivity contribution is 0.0753. The van der Waals surface area contributed by atoms with Crippen molar-refractivity contribution in [3.8, 4) is 17.0 Å². The van der Waals surface area contributed by atoms with Gasteiger partial charge in [-0.2, -0.15) is 14.5 Å².